The molecule has 4 aliphatic heterocycles. The molecule has 226 valence electrons. The zero-order valence-electron chi connectivity index (χ0n) is 24.7. The molecule has 3 saturated heterocycles. The van der Waals surface area contributed by atoms with E-state index in [0.717, 1.165) is 77.4 Å². The summed E-state index contributed by atoms with van der Waals surface area (Å²) >= 11 is 0. The molecular formula is C35H35F2N5O2. The molecule has 7 nitrogen and oxygen atoms in total. The minimum atomic E-state index is -0.661. The largest absolute Gasteiger partial charge is 0.508 e. The van der Waals surface area contributed by atoms with E-state index < -0.39 is 11.6 Å². The molecule has 8 rings (SSSR count). The van der Waals surface area contributed by atoms with Crippen LogP contribution in [0.5, 0.6) is 11.8 Å². The fourth-order valence-electron chi connectivity index (χ4n) is 8.31. The number of anilines is 1. The van der Waals surface area contributed by atoms with Gasteiger partial charge in [0.1, 0.15) is 35.2 Å². The summed E-state index contributed by atoms with van der Waals surface area (Å²) in [5, 5.41) is 12.1. The Morgan fingerprint density at radius 3 is 2.64 bits per heavy atom. The van der Waals surface area contributed by atoms with E-state index in [0.29, 0.717) is 40.7 Å². The summed E-state index contributed by atoms with van der Waals surface area (Å²) in [7, 11) is 0. The molecule has 4 aliphatic rings. The van der Waals surface area contributed by atoms with Gasteiger partial charge in [-0.2, -0.15) is 9.97 Å². The zero-order valence-corrected chi connectivity index (χ0v) is 24.7. The van der Waals surface area contributed by atoms with E-state index in [1.54, 1.807) is 0 Å². The number of terminal acetylenes is 1. The number of hydrogen-bond donors (Lipinski definition) is 1. The standard InChI is InChI=1S/C35H35F2N5O2/c1-2-24-26(36)11-9-21-18-23(43)19-25(28(21)24)31-30(37)32-29-27(38-31)12-10-22-8-4-3-5-17-42(22)33(29)40-34(39-32)44-20-35-13-6-15-41(35)16-7-14-35/h1,9,11,18-19,22,43H,3-8,10,12-17,20H2. The molecular weight excluding hydrogens is 560 g/mol. The third kappa shape index (κ3) is 4.29. The average Bonchev–Trinajstić information content (AvgIpc) is 3.46. The molecule has 44 heavy (non-hydrogen) atoms. The van der Waals surface area contributed by atoms with Crippen LogP contribution in [0.4, 0.5) is 14.6 Å². The van der Waals surface area contributed by atoms with Gasteiger partial charge in [0.2, 0.25) is 0 Å². The number of benzene rings is 2. The highest BCUT2D eigenvalue weighted by atomic mass is 19.1. The number of phenols is 1. The van der Waals surface area contributed by atoms with Crippen LogP contribution in [-0.4, -0.2) is 62.8 Å². The fraction of sp³-hybridized carbons (Fsp3) is 0.457. The van der Waals surface area contributed by atoms with E-state index in [1.165, 1.54) is 24.3 Å². The second-order valence-corrected chi connectivity index (χ2v) is 12.9. The van der Waals surface area contributed by atoms with Crippen molar-refractivity contribution in [3.05, 3.63) is 47.2 Å². The normalized spacial score (nSPS) is 21.1. The van der Waals surface area contributed by atoms with Crippen molar-refractivity contribution in [2.45, 2.75) is 75.8 Å². The number of aromatic nitrogens is 3. The number of fused-ring (bicyclic) bond motifs is 4. The zero-order chi connectivity index (χ0) is 30.0. The number of hydrogen-bond acceptors (Lipinski definition) is 7. The van der Waals surface area contributed by atoms with Crippen LogP contribution in [-0.2, 0) is 6.42 Å². The minimum absolute atomic E-state index is 0.00220. The summed E-state index contributed by atoms with van der Waals surface area (Å²) in [5.74, 6) is 1.77. The summed E-state index contributed by atoms with van der Waals surface area (Å²) in [6.45, 7) is 3.45. The van der Waals surface area contributed by atoms with Crippen molar-refractivity contribution < 1.29 is 18.6 Å². The Bertz CT molecular complexity index is 1840. The predicted octanol–water partition coefficient (Wildman–Crippen LogP) is 6.51. The van der Waals surface area contributed by atoms with E-state index in [1.807, 2.05) is 0 Å². The van der Waals surface area contributed by atoms with E-state index in [9.17, 15) is 9.50 Å². The van der Waals surface area contributed by atoms with Crippen molar-refractivity contribution in [3.63, 3.8) is 0 Å². The van der Waals surface area contributed by atoms with Crippen molar-refractivity contribution in [1.29, 1.82) is 0 Å². The van der Waals surface area contributed by atoms with Crippen LogP contribution in [0.3, 0.4) is 0 Å². The molecule has 0 bridgehead atoms. The maximum Gasteiger partial charge on any atom is 0.319 e. The molecule has 2 aromatic carbocycles. The van der Waals surface area contributed by atoms with Gasteiger partial charge >= 0.3 is 6.01 Å². The Hall–Kier alpha value is -4.03. The van der Waals surface area contributed by atoms with E-state index >= 15 is 4.39 Å². The smallest absolute Gasteiger partial charge is 0.319 e. The molecule has 0 radical (unpaired) electrons. The first kappa shape index (κ1) is 27.5. The minimum Gasteiger partial charge on any atom is -0.508 e. The monoisotopic (exact) mass is 595 g/mol. The summed E-state index contributed by atoms with van der Waals surface area (Å²) in [5.41, 5.74) is 1.04. The molecule has 6 heterocycles. The average molecular weight is 596 g/mol. The van der Waals surface area contributed by atoms with Gasteiger partial charge in [-0.3, -0.25) is 4.90 Å². The number of rotatable bonds is 4. The van der Waals surface area contributed by atoms with Gasteiger partial charge in [0.25, 0.3) is 0 Å². The van der Waals surface area contributed by atoms with Gasteiger partial charge in [0.05, 0.1) is 22.2 Å². The quantitative estimate of drug-likeness (QED) is 0.270. The van der Waals surface area contributed by atoms with Crippen molar-refractivity contribution in [3.8, 4) is 35.4 Å². The SMILES string of the molecule is C#Cc1c(F)ccc2cc(O)cc(-c3nc4c5c(nc(OCC67CCCN6CCC7)nc5c3F)N3CCCCCC3CC4)c12. The number of ether oxygens (including phenoxy) is 1. The first-order valence-electron chi connectivity index (χ1n) is 15.9. The lowest BCUT2D eigenvalue weighted by molar-refractivity contribution is 0.108. The Morgan fingerprint density at radius 1 is 0.977 bits per heavy atom. The molecule has 0 saturated carbocycles. The number of nitrogens with zero attached hydrogens (tertiary/aromatic N) is 5. The van der Waals surface area contributed by atoms with Crippen LogP contribution < -0.4 is 9.64 Å². The first-order valence-corrected chi connectivity index (χ1v) is 15.9. The Balaban J connectivity index is 1.34. The van der Waals surface area contributed by atoms with Gasteiger partial charge in [-0.25, -0.2) is 13.8 Å². The summed E-state index contributed by atoms with van der Waals surface area (Å²) in [6.07, 6.45) is 16.0. The highest BCUT2D eigenvalue weighted by Crippen LogP contribution is 2.43. The second kappa shape index (κ2) is 10.6. The molecule has 4 aromatic rings. The highest BCUT2D eigenvalue weighted by Gasteiger charge is 2.45. The number of phenolic OH excluding ortho intramolecular Hbond substituents is 1. The lowest BCUT2D eigenvalue weighted by Gasteiger charge is -2.32. The predicted molar refractivity (Wildman–Crippen MR) is 166 cm³/mol. The second-order valence-electron chi connectivity index (χ2n) is 12.9. The lowest BCUT2D eigenvalue weighted by Crippen LogP contribution is -2.43. The van der Waals surface area contributed by atoms with Crippen LogP contribution in [0.15, 0.2) is 24.3 Å². The van der Waals surface area contributed by atoms with E-state index in [-0.39, 0.29) is 45.7 Å². The summed E-state index contributed by atoms with van der Waals surface area (Å²) in [4.78, 5) is 19.5. The Labute approximate surface area is 255 Å². The van der Waals surface area contributed by atoms with Gasteiger partial charge in [0.15, 0.2) is 5.82 Å². The maximum absolute atomic E-state index is 17.0. The molecule has 0 spiro atoms. The molecule has 1 N–H and O–H groups in total. The fourth-order valence-corrected chi connectivity index (χ4v) is 8.31. The highest BCUT2D eigenvalue weighted by molar-refractivity contribution is 6.03. The van der Waals surface area contributed by atoms with Crippen molar-refractivity contribution in [2.75, 3.05) is 31.1 Å². The first-order chi connectivity index (χ1) is 21.5. The third-order valence-electron chi connectivity index (χ3n) is 10.4. The molecule has 3 fully saturated rings. The van der Waals surface area contributed by atoms with Crippen LogP contribution in [0.25, 0.3) is 32.9 Å². The molecule has 0 aliphatic carbocycles. The van der Waals surface area contributed by atoms with Crippen molar-refractivity contribution in [2.24, 2.45) is 0 Å². The number of aromatic hydroxyl groups is 1. The number of pyridine rings is 1. The van der Waals surface area contributed by atoms with Crippen LogP contribution in [0, 0.1) is 24.0 Å². The van der Waals surface area contributed by atoms with Crippen LogP contribution in [0.2, 0.25) is 0 Å². The Morgan fingerprint density at radius 2 is 1.82 bits per heavy atom. The number of aryl methyl sites for hydroxylation is 1. The van der Waals surface area contributed by atoms with Gasteiger partial charge in [-0.1, -0.05) is 24.8 Å². The van der Waals surface area contributed by atoms with Gasteiger partial charge in [-0.05, 0) is 88.0 Å². The van der Waals surface area contributed by atoms with Gasteiger partial charge in [0, 0.05) is 23.5 Å². The third-order valence-corrected chi connectivity index (χ3v) is 10.4. The molecule has 1 atom stereocenters. The van der Waals surface area contributed by atoms with Crippen molar-refractivity contribution in [1.82, 2.24) is 19.9 Å². The molecule has 9 heteroatoms. The van der Waals surface area contributed by atoms with Gasteiger partial charge in [-0.15, -0.1) is 6.42 Å². The topological polar surface area (TPSA) is 74.6 Å². The molecule has 2 aromatic heterocycles. The molecule has 1 unspecified atom stereocenters. The van der Waals surface area contributed by atoms with Crippen LogP contribution in [0.1, 0.15) is 69.0 Å². The van der Waals surface area contributed by atoms with E-state index in [4.69, 9.17) is 26.1 Å². The van der Waals surface area contributed by atoms with E-state index in [2.05, 4.69) is 15.7 Å². The summed E-state index contributed by atoms with van der Waals surface area (Å²) in [6, 6.07) is 6.12. The van der Waals surface area contributed by atoms with Gasteiger partial charge < -0.3 is 14.7 Å². The lowest BCUT2D eigenvalue weighted by atomic mass is 9.95. The summed E-state index contributed by atoms with van der Waals surface area (Å²) < 4.78 is 38.3. The van der Waals surface area contributed by atoms with Crippen LogP contribution >= 0.6 is 0 Å². The van der Waals surface area contributed by atoms with Crippen molar-refractivity contribution >= 4 is 27.5 Å². The number of halogens is 2. The molecule has 0 amide bonds. The Kier molecular flexibility index (Phi) is 6.60. The maximum atomic E-state index is 17.0.